The van der Waals surface area contributed by atoms with E-state index in [-0.39, 0.29) is 24.9 Å². The van der Waals surface area contributed by atoms with E-state index in [1.807, 2.05) is 37.3 Å². The van der Waals surface area contributed by atoms with Gasteiger partial charge in [-0.2, -0.15) is 0 Å². The van der Waals surface area contributed by atoms with Crippen molar-refractivity contribution in [2.45, 2.75) is 32.2 Å². The van der Waals surface area contributed by atoms with Crippen molar-refractivity contribution in [2.75, 3.05) is 30.3 Å². The van der Waals surface area contributed by atoms with Crippen LogP contribution >= 0.6 is 0 Å². The van der Waals surface area contributed by atoms with E-state index in [1.54, 1.807) is 18.2 Å². The van der Waals surface area contributed by atoms with Gasteiger partial charge in [0, 0.05) is 19.0 Å². The lowest BCUT2D eigenvalue weighted by atomic mass is 10.0. The van der Waals surface area contributed by atoms with Crippen LogP contribution in [-0.2, 0) is 14.8 Å². The summed E-state index contributed by atoms with van der Waals surface area (Å²) in [6.07, 6.45) is 2.58. The highest BCUT2D eigenvalue weighted by atomic mass is 32.2. The summed E-state index contributed by atoms with van der Waals surface area (Å²) in [5.41, 5.74) is 1.56. The molecule has 1 aliphatic rings. The molecule has 0 radical (unpaired) electrons. The number of fused-ring (bicyclic) bond motifs is 1. The van der Waals surface area contributed by atoms with Crippen LogP contribution in [0.25, 0.3) is 0 Å². The van der Waals surface area contributed by atoms with E-state index in [4.69, 9.17) is 9.47 Å². The van der Waals surface area contributed by atoms with Crippen LogP contribution < -0.4 is 19.1 Å². The van der Waals surface area contributed by atoms with Crippen LogP contribution in [0, 0.1) is 0 Å². The first-order valence-electron chi connectivity index (χ1n) is 10.1. The number of sulfonamides is 1. The van der Waals surface area contributed by atoms with E-state index < -0.39 is 10.0 Å². The van der Waals surface area contributed by atoms with Crippen molar-refractivity contribution in [1.29, 1.82) is 0 Å². The number of nitrogens with one attached hydrogen (secondary N) is 1. The minimum absolute atomic E-state index is 0.0532. The number of ether oxygens (including phenoxy) is 2. The number of nitrogens with zero attached hydrogens (tertiary/aromatic N) is 1. The Bertz CT molecular complexity index is 963. The Morgan fingerprint density at radius 3 is 2.47 bits per heavy atom. The highest BCUT2D eigenvalue weighted by molar-refractivity contribution is 7.92. The lowest BCUT2D eigenvalue weighted by molar-refractivity contribution is -0.121. The molecule has 1 amide bonds. The Kier molecular flexibility index (Phi) is 7.20. The van der Waals surface area contributed by atoms with Gasteiger partial charge in [0.2, 0.25) is 15.9 Å². The van der Waals surface area contributed by atoms with Gasteiger partial charge in [-0.1, -0.05) is 37.3 Å². The average Bonchev–Trinajstić information content (AvgIpc) is 2.74. The zero-order valence-electron chi connectivity index (χ0n) is 17.3. The highest BCUT2D eigenvalue weighted by Crippen LogP contribution is 2.34. The number of amides is 1. The van der Waals surface area contributed by atoms with Gasteiger partial charge in [-0.3, -0.25) is 9.10 Å². The molecule has 0 spiro atoms. The maximum absolute atomic E-state index is 12.4. The zero-order chi connectivity index (χ0) is 21.6. The van der Waals surface area contributed by atoms with Crippen LogP contribution in [0.15, 0.2) is 48.5 Å². The van der Waals surface area contributed by atoms with E-state index in [0.29, 0.717) is 36.8 Å². The van der Waals surface area contributed by atoms with E-state index in [2.05, 4.69) is 5.32 Å². The van der Waals surface area contributed by atoms with Gasteiger partial charge < -0.3 is 14.8 Å². The molecule has 7 nitrogen and oxygen atoms in total. The molecular formula is C22H28N2O5S. The van der Waals surface area contributed by atoms with Crippen molar-refractivity contribution in [3.8, 4) is 11.5 Å². The minimum Gasteiger partial charge on any atom is -0.486 e. The molecule has 3 rings (SSSR count). The second-order valence-corrected chi connectivity index (χ2v) is 9.11. The molecule has 1 heterocycles. The molecule has 2 aromatic carbocycles. The molecule has 0 aliphatic carbocycles. The van der Waals surface area contributed by atoms with Gasteiger partial charge >= 0.3 is 0 Å². The first kappa shape index (κ1) is 22.0. The summed E-state index contributed by atoms with van der Waals surface area (Å²) in [7, 11) is -3.51. The van der Waals surface area contributed by atoms with Crippen LogP contribution in [0.3, 0.4) is 0 Å². The summed E-state index contributed by atoms with van der Waals surface area (Å²) in [5.74, 6) is 1.03. The lowest BCUT2D eigenvalue weighted by Crippen LogP contribution is -2.33. The van der Waals surface area contributed by atoms with E-state index in [1.165, 1.54) is 4.31 Å². The van der Waals surface area contributed by atoms with Crippen LogP contribution in [0.4, 0.5) is 5.69 Å². The molecule has 0 aromatic heterocycles. The third kappa shape index (κ3) is 5.66. The monoisotopic (exact) mass is 432 g/mol. The number of benzene rings is 2. The van der Waals surface area contributed by atoms with Gasteiger partial charge in [0.05, 0.1) is 18.0 Å². The van der Waals surface area contributed by atoms with Crippen LogP contribution in [0.2, 0.25) is 0 Å². The number of carbonyl (C=O) groups excluding carboxylic acids is 1. The summed E-state index contributed by atoms with van der Waals surface area (Å²) >= 11 is 0. The Morgan fingerprint density at radius 2 is 1.80 bits per heavy atom. The average molecular weight is 433 g/mol. The number of hydrogen-bond donors (Lipinski definition) is 1. The molecule has 1 N–H and O–H groups in total. The molecule has 162 valence electrons. The summed E-state index contributed by atoms with van der Waals surface area (Å²) in [6, 6.07) is 14.8. The van der Waals surface area contributed by atoms with Gasteiger partial charge in [0.15, 0.2) is 11.5 Å². The molecule has 1 atom stereocenters. The SMILES string of the molecule is CCC(NC(=O)CCCN(c1ccc2c(c1)OCCO2)S(C)(=O)=O)c1ccccc1. The largest absolute Gasteiger partial charge is 0.486 e. The Morgan fingerprint density at radius 1 is 1.10 bits per heavy atom. The predicted octanol–water partition coefficient (Wildman–Crippen LogP) is 3.27. The molecule has 0 saturated heterocycles. The van der Waals surface area contributed by atoms with Crippen molar-refractivity contribution in [3.05, 3.63) is 54.1 Å². The van der Waals surface area contributed by atoms with Crippen LogP contribution in [0.5, 0.6) is 11.5 Å². The van der Waals surface area contributed by atoms with Crippen molar-refractivity contribution in [2.24, 2.45) is 0 Å². The quantitative estimate of drug-likeness (QED) is 0.657. The van der Waals surface area contributed by atoms with Crippen molar-refractivity contribution >= 4 is 21.6 Å². The lowest BCUT2D eigenvalue weighted by Gasteiger charge is -2.25. The number of hydrogen-bond acceptors (Lipinski definition) is 5. The van der Waals surface area contributed by atoms with Gasteiger partial charge in [-0.25, -0.2) is 8.42 Å². The molecule has 0 bridgehead atoms. The molecule has 8 heteroatoms. The standard InChI is InChI=1S/C22H28N2O5S/c1-3-19(17-8-5-4-6-9-17)23-22(25)10-7-13-24(30(2,26)27)18-11-12-20-21(16-18)29-15-14-28-20/h4-6,8-9,11-12,16,19H,3,7,10,13-15H2,1-2H3,(H,23,25). The number of carbonyl (C=O) groups is 1. The molecule has 30 heavy (non-hydrogen) atoms. The fourth-order valence-corrected chi connectivity index (χ4v) is 4.39. The summed E-state index contributed by atoms with van der Waals surface area (Å²) in [6.45, 7) is 3.12. The Labute approximate surface area is 178 Å². The summed E-state index contributed by atoms with van der Waals surface area (Å²) in [5, 5.41) is 3.03. The molecular weight excluding hydrogens is 404 g/mol. The Balaban J connectivity index is 1.61. The number of anilines is 1. The fraction of sp³-hybridized carbons (Fsp3) is 0.409. The molecule has 0 fully saturated rings. The van der Waals surface area contributed by atoms with Crippen LogP contribution in [0.1, 0.15) is 37.8 Å². The molecule has 0 saturated carbocycles. The van der Waals surface area contributed by atoms with Gasteiger partial charge in [0.25, 0.3) is 0 Å². The number of rotatable bonds is 9. The normalized spacial score (nSPS) is 14.1. The second-order valence-electron chi connectivity index (χ2n) is 7.21. The molecule has 1 aliphatic heterocycles. The summed E-state index contributed by atoms with van der Waals surface area (Å²) in [4.78, 5) is 12.4. The second kappa shape index (κ2) is 9.84. The zero-order valence-corrected chi connectivity index (χ0v) is 18.2. The van der Waals surface area contributed by atoms with Gasteiger partial charge in [-0.15, -0.1) is 0 Å². The van der Waals surface area contributed by atoms with E-state index >= 15 is 0 Å². The Hall–Kier alpha value is -2.74. The predicted molar refractivity (Wildman–Crippen MR) is 116 cm³/mol. The third-order valence-corrected chi connectivity index (χ3v) is 6.12. The maximum Gasteiger partial charge on any atom is 0.232 e. The van der Waals surface area contributed by atoms with Crippen molar-refractivity contribution in [1.82, 2.24) is 5.32 Å². The van der Waals surface area contributed by atoms with Crippen molar-refractivity contribution in [3.63, 3.8) is 0 Å². The first-order valence-corrected chi connectivity index (χ1v) is 11.9. The highest BCUT2D eigenvalue weighted by Gasteiger charge is 2.21. The minimum atomic E-state index is -3.51. The van der Waals surface area contributed by atoms with E-state index in [0.717, 1.165) is 18.2 Å². The van der Waals surface area contributed by atoms with Gasteiger partial charge in [-0.05, 0) is 30.5 Å². The smallest absolute Gasteiger partial charge is 0.232 e. The van der Waals surface area contributed by atoms with E-state index in [9.17, 15) is 13.2 Å². The maximum atomic E-state index is 12.4. The fourth-order valence-electron chi connectivity index (χ4n) is 3.43. The summed E-state index contributed by atoms with van der Waals surface area (Å²) < 4.78 is 37.0. The van der Waals surface area contributed by atoms with Crippen LogP contribution in [-0.4, -0.2) is 40.3 Å². The van der Waals surface area contributed by atoms with Gasteiger partial charge in [0.1, 0.15) is 13.2 Å². The molecule has 1 unspecified atom stereocenters. The van der Waals surface area contributed by atoms with Crippen molar-refractivity contribution < 1.29 is 22.7 Å². The third-order valence-electron chi connectivity index (χ3n) is 4.92. The first-order chi connectivity index (χ1) is 14.4. The molecule has 2 aromatic rings. The topological polar surface area (TPSA) is 84.9 Å².